The van der Waals surface area contributed by atoms with E-state index in [4.69, 9.17) is 4.74 Å². The van der Waals surface area contributed by atoms with Crippen molar-refractivity contribution in [2.24, 2.45) is 0 Å². The van der Waals surface area contributed by atoms with Gasteiger partial charge in [-0.3, -0.25) is 9.59 Å². The van der Waals surface area contributed by atoms with Crippen molar-refractivity contribution in [3.05, 3.63) is 39.4 Å². The fourth-order valence-corrected chi connectivity index (χ4v) is 2.88. The van der Waals surface area contributed by atoms with E-state index < -0.39 is 11.1 Å². The van der Waals surface area contributed by atoms with Gasteiger partial charge in [-0.25, -0.2) is 4.84 Å². The number of ether oxygens (including phenoxy) is 1. The van der Waals surface area contributed by atoms with Crippen molar-refractivity contribution in [3.8, 4) is 0 Å². The van der Waals surface area contributed by atoms with E-state index >= 15 is 0 Å². The summed E-state index contributed by atoms with van der Waals surface area (Å²) in [6.07, 6.45) is 7.25. The second kappa shape index (κ2) is 12.8. The zero-order valence-corrected chi connectivity index (χ0v) is 16.9. The first-order chi connectivity index (χ1) is 13.4. The Kier molecular flexibility index (Phi) is 10.8. The second-order valence-corrected chi connectivity index (χ2v) is 6.54. The summed E-state index contributed by atoms with van der Waals surface area (Å²) in [7, 11) is 1.51. The number of anilines is 1. The smallest absolute Gasteiger partial charge is 0.336 e. The van der Waals surface area contributed by atoms with Crippen molar-refractivity contribution in [1.29, 1.82) is 0 Å². The predicted molar refractivity (Wildman–Crippen MR) is 106 cm³/mol. The summed E-state index contributed by atoms with van der Waals surface area (Å²) in [5.74, 6) is -1.43. The molecule has 28 heavy (non-hydrogen) atoms. The standard InChI is InChI=1S/C20H30N2O6/c1-4-6-7-8-9-10-14-27-15-18(23)21(3)17-13-11-12-16(5-2)19(17)20(24)28-22(25)26/h11-13H,4-10,14-15H2,1-3H3. The lowest BCUT2D eigenvalue weighted by molar-refractivity contribution is -0.727. The monoisotopic (exact) mass is 394 g/mol. The third kappa shape index (κ3) is 7.64. The molecular weight excluding hydrogens is 364 g/mol. The highest BCUT2D eigenvalue weighted by Gasteiger charge is 2.23. The van der Waals surface area contributed by atoms with Crippen molar-refractivity contribution in [2.75, 3.05) is 25.2 Å². The van der Waals surface area contributed by atoms with E-state index in [2.05, 4.69) is 11.8 Å². The van der Waals surface area contributed by atoms with Crippen LogP contribution in [-0.2, 0) is 20.8 Å². The Hall–Kier alpha value is -2.48. The van der Waals surface area contributed by atoms with E-state index in [0.29, 0.717) is 18.6 Å². The van der Waals surface area contributed by atoms with Gasteiger partial charge in [0.15, 0.2) is 0 Å². The van der Waals surface area contributed by atoms with Crippen LogP contribution < -0.4 is 4.90 Å². The molecule has 0 atom stereocenters. The maximum absolute atomic E-state index is 12.4. The molecule has 156 valence electrons. The molecule has 0 unspecified atom stereocenters. The number of likely N-dealkylation sites (N-methyl/N-ethyl adjacent to an activating group) is 1. The van der Waals surface area contributed by atoms with Gasteiger partial charge in [-0.1, -0.05) is 58.1 Å². The molecule has 0 heterocycles. The predicted octanol–water partition coefficient (Wildman–Crippen LogP) is 3.94. The van der Waals surface area contributed by atoms with Crippen LogP contribution in [0.4, 0.5) is 5.69 Å². The van der Waals surface area contributed by atoms with Crippen LogP contribution in [0, 0.1) is 10.1 Å². The van der Waals surface area contributed by atoms with Crippen LogP contribution in [0.25, 0.3) is 0 Å². The molecule has 8 nitrogen and oxygen atoms in total. The van der Waals surface area contributed by atoms with E-state index in [1.807, 2.05) is 6.92 Å². The number of aryl methyl sites for hydroxylation is 1. The van der Waals surface area contributed by atoms with Crippen LogP contribution in [0.2, 0.25) is 0 Å². The number of hydrogen-bond donors (Lipinski definition) is 0. The fourth-order valence-electron chi connectivity index (χ4n) is 2.88. The minimum Gasteiger partial charge on any atom is -0.372 e. The topological polar surface area (TPSA) is 99.0 Å². The molecule has 0 saturated carbocycles. The van der Waals surface area contributed by atoms with Gasteiger partial charge in [0.1, 0.15) is 6.61 Å². The Morgan fingerprint density at radius 1 is 1.11 bits per heavy atom. The molecule has 1 aromatic carbocycles. The Morgan fingerprint density at radius 2 is 1.79 bits per heavy atom. The number of carbonyl (C=O) groups excluding carboxylic acids is 2. The number of unbranched alkanes of at least 4 members (excludes halogenated alkanes) is 5. The molecule has 0 aliphatic rings. The zero-order chi connectivity index (χ0) is 20.9. The van der Waals surface area contributed by atoms with Crippen LogP contribution >= 0.6 is 0 Å². The maximum Gasteiger partial charge on any atom is 0.336 e. The summed E-state index contributed by atoms with van der Waals surface area (Å²) >= 11 is 0. The van der Waals surface area contributed by atoms with Gasteiger partial charge in [-0.15, -0.1) is 10.1 Å². The van der Waals surface area contributed by atoms with Crippen LogP contribution in [0.3, 0.4) is 0 Å². The van der Waals surface area contributed by atoms with Gasteiger partial charge in [0.2, 0.25) is 0 Å². The van der Waals surface area contributed by atoms with Gasteiger partial charge >= 0.3 is 11.1 Å². The molecule has 1 rings (SSSR count). The molecule has 0 saturated heterocycles. The molecule has 8 heteroatoms. The molecule has 0 aliphatic heterocycles. The third-order valence-corrected chi connectivity index (χ3v) is 4.47. The van der Waals surface area contributed by atoms with Gasteiger partial charge in [0, 0.05) is 13.7 Å². The molecule has 0 fully saturated rings. The summed E-state index contributed by atoms with van der Waals surface area (Å²) in [4.78, 5) is 40.5. The highest BCUT2D eigenvalue weighted by molar-refractivity contribution is 6.03. The minimum atomic E-state index is -1.15. The number of hydrogen-bond acceptors (Lipinski definition) is 6. The largest absolute Gasteiger partial charge is 0.372 e. The average Bonchev–Trinajstić information content (AvgIpc) is 2.67. The van der Waals surface area contributed by atoms with Crippen LogP contribution in [0.15, 0.2) is 18.2 Å². The van der Waals surface area contributed by atoms with Crippen molar-refractivity contribution < 1.29 is 24.3 Å². The summed E-state index contributed by atoms with van der Waals surface area (Å²) < 4.78 is 5.45. The summed E-state index contributed by atoms with van der Waals surface area (Å²) in [6.45, 7) is 4.36. The Bertz CT molecular complexity index is 662. The van der Waals surface area contributed by atoms with Gasteiger partial charge in [0.25, 0.3) is 5.91 Å². The summed E-state index contributed by atoms with van der Waals surface area (Å²) in [5, 5.41) is 9.40. The molecule has 0 spiro atoms. The second-order valence-electron chi connectivity index (χ2n) is 6.54. The molecule has 0 bridgehead atoms. The van der Waals surface area contributed by atoms with Gasteiger partial charge in [-0.05, 0) is 24.5 Å². The summed E-state index contributed by atoms with van der Waals surface area (Å²) in [6, 6.07) is 4.92. The van der Waals surface area contributed by atoms with Gasteiger partial charge in [-0.2, -0.15) is 0 Å². The van der Waals surface area contributed by atoms with E-state index in [1.54, 1.807) is 18.2 Å². The molecule has 0 N–H and O–H groups in total. The lowest BCUT2D eigenvalue weighted by Crippen LogP contribution is -2.32. The Balaban J connectivity index is 2.67. The normalized spacial score (nSPS) is 10.5. The van der Waals surface area contributed by atoms with Crippen LogP contribution in [-0.4, -0.2) is 37.2 Å². The fraction of sp³-hybridized carbons (Fsp3) is 0.600. The van der Waals surface area contributed by atoms with Gasteiger partial charge in [0.05, 0.1) is 11.3 Å². The Morgan fingerprint density at radius 3 is 2.43 bits per heavy atom. The Labute approximate surface area is 165 Å². The molecule has 0 radical (unpaired) electrons. The summed E-state index contributed by atoms with van der Waals surface area (Å²) in [5.41, 5.74) is 0.852. The van der Waals surface area contributed by atoms with E-state index in [0.717, 1.165) is 19.3 Å². The highest BCUT2D eigenvalue weighted by Crippen LogP contribution is 2.25. The number of amides is 1. The van der Waals surface area contributed by atoms with Crippen molar-refractivity contribution in [1.82, 2.24) is 0 Å². The maximum atomic E-state index is 12.4. The SMILES string of the molecule is CCCCCCCCOCC(=O)N(C)c1cccc(CC)c1C(=O)O[N+](=O)[O-]. The number of carbonyl (C=O) groups is 2. The van der Waals surface area contributed by atoms with E-state index in [9.17, 15) is 19.7 Å². The first-order valence-electron chi connectivity index (χ1n) is 9.75. The van der Waals surface area contributed by atoms with Crippen molar-refractivity contribution >= 4 is 17.6 Å². The van der Waals surface area contributed by atoms with E-state index in [1.165, 1.54) is 31.2 Å². The highest BCUT2D eigenvalue weighted by atomic mass is 17.0. The molecule has 0 aliphatic carbocycles. The quantitative estimate of drug-likeness (QED) is 0.285. The van der Waals surface area contributed by atoms with Gasteiger partial charge < -0.3 is 9.64 Å². The minimum absolute atomic E-state index is 0.0217. The van der Waals surface area contributed by atoms with Crippen molar-refractivity contribution in [3.63, 3.8) is 0 Å². The third-order valence-electron chi connectivity index (χ3n) is 4.47. The molecule has 1 aromatic rings. The van der Waals surface area contributed by atoms with E-state index in [-0.39, 0.29) is 23.8 Å². The van der Waals surface area contributed by atoms with Crippen molar-refractivity contribution in [2.45, 2.75) is 58.8 Å². The number of nitrogens with zero attached hydrogens (tertiary/aromatic N) is 2. The number of benzene rings is 1. The molecular formula is C20H30N2O6. The van der Waals surface area contributed by atoms with Crippen LogP contribution in [0.1, 0.15) is 68.3 Å². The number of rotatable bonds is 13. The lowest BCUT2D eigenvalue weighted by atomic mass is 10.0. The molecule has 1 amide bonds. The molecule has 0 aromatic heterocycles. The lowest BCUT2D eigenvalue weighted by Gasteiger charge is -2.21. The first kappa shape index (κ1) is 23.6. The average molecular weight is 394 g/mol. The zero-order valence-electron chi connectivity index (χ0n) is 16.9. The van der Waals surface area contributed by atoms with Crippen LogP contribution in [0.5, 0.6) is 0 Å². The first-order valence-corrected chi connectivity index (χ1v) is 9.75.